The van der Waals surface area contributed by atoms with Gasteiger partial charge < -0.3 is 9.99 Å². The van der Waals surface area contributed by atoms with E-state index in [4.69, 9.17) is 23.8 Å². The molecule has 0 aliphatic carbocycles. The number of H-pyrrole nitrogens is 1. The fourth-order valence-corrected chi connectivity index (χ4v) is 2.92. The van der Waals surface area contributed by atoms with Crippen molar-refractivity contribution in [2.24, 2.45) is 0 Å². The molecule has 1 aliphatic heterocycles. The summed E-state index contributed by atoms with van der Waals surface area (Å²) in [5.74, 6) is 0. The Hall–Kier alpha value is -1.00. The minimum Gasteiger partial charge on any atom is -0.329 e. The molecule has 1 aromatic carbocycles. The first-order valence-electron chi connectivity index (χ1n) is 5.91. The minimum atomic E-state index is 0.736. The van der Waals surface area contributed by atoms with Crippen LogP contribution in [0.2, 0.25) is 5.02 Å². The zero-order chi connectivity index (χ0) is 11.8. The van der Waals surface area contributed by atoms with Crippen molar-refractivity contribution in [1.29, 1.82) is 0 Å². The van der Waals surface area contributed by atoms with E-state index >= 15 is 0 Å². The lowest BCUT2D eigenvalue weighted by Crippen LogP contribution is -2.39. The van der Waals surface area contributed by atoms with Crippen LogP contribution in [0.15, 0.2) is 18.2 Å². The Morgan fingerprint density at radius 3 is 2.71 bits per heavy atom. The van der Waals surface area contributed by atoms with Gasteiger partial charge in [-0.05, 0) is 49.7 Å². The number of nitrogens with one attached hydrogen (secondary N) is 1. The largest absolute Gasteiger partial charge is 0.329 e. The normalized spacial score (nSPS) is 16.6. The Labute approximate surface area is 110 Å². The fraction of sp³-hybridized carbons (Fsp3) is 0.417. The van der Waals surface area contributed by atoms with E-state index in [0.717, 1.165) is 33.9 Å². The molecule has 17 heavy (non-hydrogen) atoms. The van der Waals surface area contributed by atoms with Crippen molar-refractivity contribution >= 4 is 34.9 Å². The highest BCUT2D eigenvalue weighted by atomic mass is 35.5. The summed E-state index contributed by atoms with van der Waals surface area (Å²) >= 11 is 11.4. The summed E-state index contributed by atoms with van der Waals surface area (Å²) in [5.41, 5.74) is 2.12. The topological polar surface area (TPSA) is 24.0 Å². The first-order chi connectivity index (χ1) is 8.25. The highest BCUT2D eigenvalue weighted by Crippen LogP contribution is 2.20. The molecule has 2 heterocycles. The highest BCUT2D eigenvalue weighted by Gasteiger charge is 2.14. The summed E-state index contributed by atoms with van der Waals surface area (Å²) in [5, 5.41) is 3.05. The van der Waals surface area contributed by atoms with Crippen LogP contribution in [-0.4, -0.2) is 22.7 Å². The maximum absolute atomic E-state index is 5.99. The first kappa shape index (κ1) is 11.1. The number of imidazole rings is 1. The van der Waals surface area contributed by atoms with Gasteiger partial charge in [-0.3, -0.25) is 0 Å². The smallest absolute Gasteiger partial charge is 0.197 e. The molecular formula is C12H14ClN3S. The van der Waals surface area contributed by atoms with Crippen molar-refractivity contribution in [3.05, 3.63) is 28.0 Å². The number of hydrogen-bond donors (Lipinski definition) is 1. The summed E-state index contributed by atoms with van der Waals surface area (Å²) in [7, 11) is 0. The third kappa shape index (κ3) is 1.96. The van der Waals surface area contributed by atoms with Crippen molar-refractivity contribution in [2.45, 2.75) is 19.3 Å². The molecule has 3 rings (SSSR count). The molecule has 2 aromatic rings. The third-order valence-corrected chi connectivity index (χ3v) is 3.75. The molecule has 1 aromatic heterocycles. The lowest BCUT2D eigenvalue weighted by atomic mass is 10.2. The number of nitrogens with zero attached hydrogens (tertiary/aromatic N) is 2. The maximum atomic E-state index is 5.99. The highest BCUT2D eigenvalue weighted by molar-refractivity contribution is 7.71. The monoisotopic (exact) mass is 267 g/mol. The molecule has 0 bridgehead atoms. The average molecular weight is 268 g/mol. The van der Waals surface area contributed by atoms with Gasteiger partial charge in [0, 0.05) is 18.1 Å². The van der Waals surface area contributed by atoms with Crippen molar-refractivity contribution in [3.8, 4) is 0 Å². The predicted octanol–water partition coefficient (Wildman–Crippen LogP) is 3.47. The number of rotatable bonds is 1. The van der Waals surface area contributed by atoms with Crippen LogP contribution in [-0.2, 0) is 0 Å². The summed E-state index contributed by atoms with van der Waals surface area (Å²) < 4.78 is 2.87. The Kier molecular flexibility index (Phi) is 2.84. The van der Waals surface area contributed by atoms with Crippen LogP contribution < -0.4 is 5.01 Å². The molecule has 0 saturated carbocycles. The first-order valence-corrected chi connectivity index (χ1v) is 6.70. The summed E-state index contributed by atoms with van der Waals surface area (Å²) in [6.45, 7) is 2.15. The molecule has 1 saturated heterocycles. The second-order valence-corrected chi connectivity index (χ2v) is 5.24. The van der Waals surface area contributed by atoms with Gasteiger partial charge in [-0.2, -0.15) is 0 Å². The van der Waals surface area contributed by atoms with Crippen LogP contribution >= 0.6 is 23.8 Å². The Morgan fingerprint density at radius 2 is 1.94 bits per heavy atom. The van der Waals surface area contributed by atoms with Crippen LogP contribution in [0.25, 0.3) is 11.0 Å². The van der Waals surface area contributed by atoms with Crippen LogP contribution in [0.1, 0.15) is 19.3 Å². The molecule has 5 heteroatoms. The third-order valence-electron chi connectivity index (χ3n) is 3.24. The lowest BCUT2D eigenvalue weighted by Gasteiger charge is -2.29. The predicted molar refractivity (Wildman–Crippen MR) is 73.9 cm³/mol. The van der Waals surface area contributed by atoms with Gasteiger partial charge in [0.2, 0.25) is 0 Å². The molecule has 0 spiro atoms. The lowest BCUT2D eigenvalue weighted by molar-refractivity contribution is 0.483. The number of fused-ring (bicyclic) bond motifs is 1. The molecule has 0 radical (unpaired) electrons. The van der Waals surface area contributed by atoms with Crippen LogP contribution in [0, 0.1) is 4.77 Å². The van der Waals surface area contributed by atoms with Gasteiger partial charge in [-0.1, -0.05) is 11.6 Å². The van der Waals surface area contributed by atoms with Crippen LogP contribution in [0.4, 0.5) is 0 Å². The summed E-state index contributed by atoms with van der Waals surface area (Å²) in [6, 6.07) is 5.86. The van der Waals surface area contributed by atoms with Crippen LogP contribution in [0.3, 0.4) is 0 Å². The van der Waals surface area contributed by atoms with Crippen molar-refractivity contribution < 1.29 is 0 Å². The number of halogens is 1. The Bertz CT molecular complexity index is 595. The van der Waals surface area contributed by atoms with Gasteiger partial charge in [0.05, 0.1) is 11.0 Å². The second kappa shape index (κ2) is 4.35. The summed E-state index contributed by atoms with van der Waals surface area (Å²) in [6.07, 6.45) is 3.79. The van der Waals surface area contributed by atoms with E-state index in [0.29, 0.717) is 0 Å². The SMILES string of the molecule is S=c1[nH]c2cc(Cl)ccc2n1N1CCCCC1. The van der Waals surface area contributed by atoms with Crippen molar-refractivity contribution in [1.82, 2.24) is 9.66 Å². The standard InChI is InChI=1S/C12H14ClN3S/c13-9-4-5-11-10(8-9)14-12(17)16(11)15-6-2-1-3-7-15/h4-5,8H,1-3,6-7H2,(H,14,17). The van der Waals surface area contributed by atoms with E-state index in [-0.39, 0.29) is 0 Å². The number of hydrogen-bond acceptors (Lipinski definition) is 2. The fourth-order valence-electron chi connectivity index (χ4n) is 2.43. The van der Waals surface area contributed by atoms with E-state index in [1.807, 2.05) is 18.2 Å². The van der Waals surface area contributed by atoms with Gasteiger partial charge in [-0.15, -0.1) is 0 Å². The van der Waals surface area contributed by atoms with Gasteiger partial charge in [0.15, 0.2) is 4.77 Å². The second-order valence-electron chi connectivity index (χ2n) is 4.42. The molecule has 3 nitrogen and oxygen atoms in total. The number of piperidine rings is 1. The average Bonchev–Trinajstić information content (AvgIpc) is 2.65. The van der Waals surface area contributed by atoms with Gasteiger partial charge >= 0.3 is 0 Å². The van der Waals surface area contributed by atoms with E-state index in [9.17, 15) is 0 Å². The number of aromatic amines is 1. The molecule has 0 unspecified atom stereocenters. The van der Waals surface area contributed by atoms with Gasteiger partial charge in [-0.25, -0.2) is 4.68 Å². The zero-order valence-electron chi connectivity index (χ0n) is 9.45. The van der Waals surface area contributed by atoms with E-state index in [1.54, 1.807) is 0 Å². The van der Waals surface area contributed by atoms with E-state index in [1.165, 1.54) is 19.3 Å². The van der Waals surface area contributed by atoms with Crippen molar-refractivity contribution in [3.63, 3.8) is 0 Å². The molecule has 0 atom stereocenters. The molecule has 1 N–H and O–H groups in total. The minimum absolute atomic E-state index is 0.736. The van der Waals surface area contributed by atoms with Gasteiger partial charge in [0.1, 0.15) is 0 Å². The number of aromatic nitrogens is 2. The molecular weight excluding hydrogens is 254 g/mol. The van der Waals surface area contributed by atoms with Crippen molar-refractivity contribution in [2.75, 3.05) is 18.1 Å². The quantitative estimate of drug-likeness (QED) is 0.800. The Balaban J connectivity index is 2.14. The number of benzene rings is 1. The zero-order valence-corrected chi connectivity index (χ0v) is 11.0. The Morgan fingerprint density at radius 1 is 1.18 bits per heavy atom. The van der Waals surface area contributed by atoms with E-state index in [2.05, 4.69) is 14.7 Å². The molecule has 1 fully saturated rings. The van der Waals surface area contributed by atoms with Gasteiger partial charge in [0.25, 0.3) is 0 Å². The van der Waals surface area contributed by atoms with E-state index < -0.39 is 0 Å². The maximum Gasteiger partial charge on any atom is 0.197 e. The molecule has 0 amide bonds. The molecule has 1 aliphatic rings. The molecule has 90 valence electrons. The summed E-state index contributed by atoms with van der Waals surface area (Å²) in [4.78, 5) is 3.22. The van der Waals surface area contributed by atoms with Crippen LogP contribution in [0.5, 0.6) is 0 Å².